The second-order valence-corrected chi connectivity index (χ2v) is 8.30. The van der Waals surface area contributed by atoms with Crippen LogP contribution in [0.1, 0.15) is 22.7 Å². The number of hydrogen-bond donors (Lipinski definition) is 1. The van der Waals surface area contributed by atoms with Gasteiger partial charge in [0.05, 0.1) is 6.54 Å². The molecule has 0 radical (unpaired) electrons. The Morgan fingerprint density at radius 1 is 1.06 bits per heavy atom. The molecule has 0 spiro atoms. The standard InChI is InChI=1S/C25H29N5O3/c1-18-15-21(20(3)30(18)22-7-5-4-6-8-22)9-10-25(32)29-13-11-28(12-14-29)17-24(31)26-23-16-19(2)33-27-23/h4-10,15-16H,11-14,17H2,1-3H3,(H,26,27,31)/b10-9+. The molecule has 1 aliphatic rings. The fourth-order valence-corrected chi connectivity index (χ4v) is 4.13. The van der Waals surface area contributed by atoms with E-state index in [2.05, 4.69) is 47.1 Å². The van der Waals surface area contributed by atoms with Crippen molar-refractivity contribution in [2.45, 2.75) is 20.8 Å². The summed E-state index contributed by atoms with van der Waals surface area (Å²) in [4.78, 5) is 28.8. The van der Waals surface area contributed by atoms with Crippen molar-refractivity contribution in [2.24, 2.45) is 0 Å². The zero-order chi connectivity index (χ0) is 23.4. The van der Waals surface area contributed by atoms with Crippen molar-refractivity contribution in [1.82, 2.24) is 19.5 Å². The smallest absolute Gasteiger partial charge is 0.246 e. The van der Waals surface area contributed by atoms with Gasteiger partial charge in [0, 0.05) is 55.4 Å². The number of piperazine rings is 1. The quantitative estimate of drug-likeness (QED) is 0.587. The maximum absolute atomic E-state index is 12.7. The second kappa shape index (κ2) is 9.87. The van der Waals surface area contributed by atoms with Gasteiger partial charge in [-0.2, -0.15) is 0 Å². The minimum Gasteiger partial charge on any atom is -0.360 e. The predicted molar refractivity (Wildman–Crippen MR) is 127 cm³/mol. The minimum absolute atomic E-state index is 0.0123. The van der Waals surface area contributed by atoms with Crippen LogP contribution in [-0.2, 0) is 9.59 Å². The second-order valence-electron chi connectivity index (χ2n) is 8.30. The highest BCUT2D eigenvalue weighted by Gasteiger charge is 2.21. The van der Waals surface area contributed by atoms with Gasteiger partial charge in [0.1, 0.15) is 5.76 Å². The van der Waals surface area contributed by atoms with Gasteiger partial charge in [-0.3, -0.25) is 14.5 Å². The van der Waals surface area contributed by atoms with Crippen LogP contribution >= 0.6 is 0 Å². The van der Waals surface area contributed by atoms with Gasteiger partial charge in [-0.1, -0.05) is 23.4 Å². The van der Waals surface area contributed by atoms with E-state index in [1.165, 1.54) is 0 Å². The number of amides is 2. The number of nitrogens with zero attached hydrogens (tertiary/aromatic N) is 4. The van der Waals surface area contributed by atoms with Gasteiger partial charge in [-0.25, -0.2) is 0 Å². The molecule has 1 fully saturated rings. The number of hydrogen-bond acceptors (Lipinski definition) is 5. The number of para-hydroxylation sites is 1. The fourth-order valence-electron chi connectivity index (χ4n) is 4.13. The number of nitrogens with one attached hydrogen (secondary N) is 1. The summed E-state index contributed by atoms with van der Waals surface area (Å²) in [5.74, 6) is 0.911. The summed E-state index contributed by atoms with van der Waals surface area (Å²) in [6.45, 7) is 8.63. The molecule has 2 aromatic heterocycles. The van der Waals surface area contributed by atoms with Crippen LogP contribution in [0.4, 0.5) is 5.82 Å². The van der Waals surface area contributed by atoms with E-state index in [-0.39, 0.29) is 18.4 Å². The van der Waals surface area contributed by atoms with Gasteiger partial charge < -0.3 is 19.3 Å². The van der Waals surface area contributed by atoms with Crippen LogP contribution in [-0.4, -0.2) is 64.1 Å². The molecular weight excluding hydrogens is 418 g/mol. The minimum atomic E-state index is -0.142. The SMILES string of the molecule is Cc1cc(NC(=O)CN2CCN(C(=O)/C=C/c3cc(C)n(-c4ccccc4)c3C)CC2)no1. The molecule has 1 aromatic carbocycles. The normalized spacial score (nSPS) is 14.7. The van der Waals surface area contributed by atoms with E-state index in [0.29, 0.717) is 37.8 Å². The summed E-state index contributed by atoms with van der Waals surface area (Å²) >= 11 is 0. The maximum atomic E-state index is 12.7. The lowest BCUT2D eigenvalue weighted by Crippen LogP contribution is -2.50. The molecule has 0 atom stereocenters. The largest absolute Gasteiger partial charge is 0.360 e. The van der Waals surface area contributed by atoms with E-state index in [9.17, 15) is 9.59 Å². The molecule has 0 bridgehead atoms. The lowest BCUT2D eigenvalue weighted by Gasteiger charge is -2.33. The predicted octanol–water partition coefficient (Wildman–Crippen LogP) is 3.19. The monoisotopic (exact) mass is 447 g/mol. The van der Waals surface area contributed by atoms with Crippen LogP contribution in [0.25, 0.3) is 11.8 Å². The highest BCUT2D eigenvalue weighted by molar-refractivity contribution is 5.92. The molecule has 33 heavy (non-hydrogen) atoms. The van der Waals surface area contributed by atoms with E-state index >= 15 is 0 Å². The molecule has 0 aliphatic carbocycles. The molecule has 8 nitrogen and oxygen atoms in total. The van der Waals surface area contributed by atoms with Crippen LogP contribution in [0, 0.1) is 20.8 Å². The first-order chi connectivity index (χ1) is 15.9. The third-order valence-electron chi connectivity index (χ3n) is 5.84. The average molecular weight is 448 g/mol. The van der Waals surface area contributed by atoms with E-state index < -0.39 is 0 Å². The highest BCUT2D eigenvalue weighted by Crippen LogP contribution is 2.21. The molecule has 0 saturated carbocycles. The van der Waals surface area contributed by atoms with Crippen molar-refractivity contribution in [3.8, 4) is 5.69 Å². The van der Waals surface area contributed by atoms with E-state index in [1.807, 2.05) is 34.1 Å². The van der Waals surface area contributed by atoms with Crippen molar-refractivity contribution in [2.75, 3.05) is 38.0 Å². The number of carbonyl (C=O) groups excluding carboxylic acids is 2. The van der Waals surface area contributed by atoms with Gasteiger partial charge >= 0.3 is 0 Å². The number of aromatic nitrogens is 2. The summed E-state index contributed by atoms with van der Waals surface area (Å²) < 4.78 is 7.15. The Kier molecular flexibility index (Phi) is 6.74. The number of benzene rings is 1. The number of carbonyl (C=O) groups is 2. The third kappa shape index (κ3) is 5.40. The van der Waals surface area contributed by atoms with Crippen LogP contribution in [0.2, 0.25) is 0 Å². The zero-order valence-corrected chi connectivity index (χ0v) is 19.2. The van der Waals surface area contributed by atoms with Crippen molar-refractivity contribution in [3.05, 3.63) is 71.3 Å². The zero-order valence-electron chi connectivity index (χ0n) is 19.2. The molecular formula is C25H29N5O3. The first-order valence-electron chi connectivity index (χ1n) is 11.1. The Balaban J connectivity index is 1.30. The van der Waals surface area contributed by atoms with Gasteiger partial charge in [0.25, 0.3) is 0 Å². The van der Waals surface area contributed by atoms with Gasteiger partial charge in [0.2, 0.25) is 11.8 Å². The number of aryl methyl sites for hydroxylation is 2. The Labute approximate surface area is 193 Å². The Morgan fingerprint density at radius 3 is 2.45 bits per heavy atom. The highest BCUT2D eigenvalue weighted by atomic mass is 16.5. The van der Waals surface area contributed by atoms with Crippen molar-refractivity contribution < 1.29 is 14.1 Å². The topological polar surface area (TPSA) is 83.6 Å². The fraction of sp³-hybridized carbons (Fsp3) is 0.320. The van der Waals surface area contributed by atoms with E-state index in [0.717, 1.165) is 22.6 Å². The van der Waals surface area contributed by atoms with Gasteiger partial charge in [-0.05, 0) is 50.6 Å². The van der Waals surface area contributed by atoms with Gasteiger partial charge in [0.15, 0.2) is 5.82 Å². The summed E-state index contributed by atoms with van der Waals surface area (Å²) in [6, 6.07) is 14.0. The van der Waals surface area contributed by atoms with Crippen molar-refractivity contribution >= 4 is 23.7 Å². The van der Waals surface area contributed by atoms with Crippen LogP contribution in [0.5, 0.6) is 0 Å². The molecule has 3 heterocycles. The third-order valence-corrected chi connectivity index (χ3v) is 5.84. The van der Waals surface area contributed by atoms with Crippen LogP contribution < -0.4 is 5.32 Å². The van der Waals surface area contributed by atoms with Crippen LogP contribution in [0.3, 0.4) is 0 Å². The van der Waals surface area contributed by atoms with Crippen molar-refractivity contribution in [1.29, 1.82) is 0 Å². The lowest BCUT2D eigenvalue weighted by atomic mass is 10.2. The Morgan fingerprint density at radius 2 is 1.79 bits per heavy atom. The van der Waals surface area contributed by atoms with E-state index in [1.54, 1.807) is 19.1 Å². The summed E-state index contributed by atoms with van der Waals surface area (Å²) in [7, 11) is 0. The molecule has 0 unspecified atom stereocenters. The Hall–Kier alpha value is -3.65. The molecule has 3 aromatic rings. The molecule has 1 N–H and O–H groups in total. The number of anilines is 1. The molecule has 2 amide bonds. The molecule has 1 aliphatic heterocycles. The lowest BCUT2D eigenvalue weighted by molar-refractivity contribution is -0.127. The van der Waals surface area contributed by atoms with Crippen molar-refractivity contribution in [3.63, 3.8) is 0 Å². The van der Waals surface area contributed by atoms with E-state index in [4.69, 9.17) is 4.52 Å². The van der Waals surface area contributed by atoms with Crippen LogP contribution in [0.15, 0.2) is 53.1 Å². The summed E-state index contributed by atoms with van der Waals surface area (Å²) in [6.07, 6.45) is 3.54. The maximum Gasteiger partial charge on any atom is 0.246 e. The Bertz CT molecular complexity index is 1150. The number of rotatable bonds is 6. The first-order valence-corrected chi connectivity index (χ1v) is 11.1. The molecule has 1 saturated heterocycles. The molecule has 8 heteroatoms. The average Bonchev–Trinajstić information content (AvgIpc) is 3.34. The first kappa shape index (κ1) is 22.5. The summed E-state index contributed by atoms with van der Waals surface area (Å²) in [5, 5.41) is 6.50. The summed E-state index contributed by atoms with van der Waals surface area (Å²) in [5.41, 5.74) is 4.36. The molecule has 172 valence electrons. The molecule has 4 rings (SSSR count). The van der Waals surface area contributed by atoms with Gasteiger partial charge in [-0.15, -0.1) is 0 Å².